The van der Waals surface area contributed by atoms with Crippen molar-refractivity contribution in [1.29, 1.82) is 0 Å². The molecule has 0 bridgehead atoms. The van der Waals surface area contributed by atoms with E-state index >= 15 is 0 Å². The molecular formula is C20H24N2O3. The van der Waals surface area contributed by atoms with E-state index in [0.717, 1.165) is 17.7 Å². The Morgan fingerprint density at radius 3 is 2.20 bits per heavy atom. The minimum absolute atomic E-state index is 0.0609. The molecular weight excluding hydrogens is 316 g/mol. The second-order valence-corrected chi connectivity index (χ2v) is 5.71. The van der Waals surface area contributed by atoms with E-state index in [4.69, 9.17) is 4.74 Å². The molecule has 0 atom stereocenters. The summed E-state index contributed by atoms with van der Waals surface area (Å²) < 4.78 is 5.52. The first-order valence-corrected chi connectivity index (χ1v) is 8.48. The van der Waals surface area contributed by atoms with Gasteiger partial charge in [-0.15, -0.1) is 0 Å². The monoisotopic (exact) mass is 340 g/mol. The Morgan fingerprint density at radius 2 is 1.60 bits per heavy atom. The van der Waals surface area contributed by atoms with Crippen molar-refractivity contribution in [2.45, 2.75) is 33.6 Å². The van der Waals surface area contributed by atoms with Crippen LogP contribution in [0.5, 0.6) is 5.75 Å². The highest BCUT2D eigenvalue weighted by Gasteiger charge is 2.11. The van der Waals surface area contributed by atoms with Crippen LogP contribution in [-0.2, 0) is 4.79 Å². The summed E-state index contributed by atoms with van der Waals surface area (Å²) >= 11 is 0. The van der Waals surface area contributed by atoms with Gasteiger partial charge in [0.05, 0.1) is 6.61 Å². The minimum Gasteiger partial charge on any atom is -0.494 e. The van der Waals surface area contributed by atoms with Crippen molar-refractivity contribution in [3.8, 4) is 5.75 Å². The normalized spacial score (nSPS) is 10.2. The Bertz CT molecular complexity index is 739. The number of rotatable bonds is 7. The van der Waals surface area contributed by atoms with Crippen molar-refractivity contribution in [3.05, 3.63) is 53.6 Å². The van der Waals surface area contributed by atoms with E-state index in [9.17, 15) is 9.59 Å². The van der Waals surface area contributed by atoms with Gasteiger partial charge in [0.15, 0.2) is 0 Å². The molecule has 25 heavy (non-hydrogen) atoms. The highest BCUT2D eigenvalue weighted by atomic mass is 16.5. The van der Waals surface area contributed by atoms with Crippen LogP contribution in [0.15, 0.2) is 42.5 Å². The minimum atomic E-state index is -0.205. The van der Waals surface area contributed by atoms with Gasteiger partial charge in [0.2, 0.25) is 5.91 Å². The third-order valence-electron chi connectivity index (χ3n) is 3.77. The molecule has 5 nitrogen and oxygen atoms in total. The zero-order chi connectivity index (χ0) is 18.2. The fourth-order valence-electron chi connectivity index (χ4n) is 2.26. The number of carbonyl (C=O) groups excluding carboxylic acids is 2. The van der Waals surface area contributed by atoms with Crippen LogP contribution in [-0.4, -0.2) is 18.4 Å². The number of anilines is 2. The maximum Gasteiger partial charge on any atom is 0.255 e. The van der Waals surface area contributed by atoms with Gasteiger partial charge in [-0.05, 0) is 55.3 Å². The number of carbonyl (C=O) groups is 2. The van der Waals surface area contributed by atoms with Gasteiger partial charge >= 0.3 is 0 Å². The summed E-state index contributed by atoms with van der Waals surface area (Å²) in [6.07, 6.45) is 1.34. The highest BCUT2D eigenvalue weighted by Crippen LogP contribution is 2.24. The first kappa shape index (κ1) is 18.5. The van der Waals surface area contributed by atoms with Gasteiger partial charge in [-0.3, -0.25) is 9.59 Å². The molecule has 2 aromatic rings. The van der Waals surface area contributed by atoms with Crippen molar-refractivity contribution in [3.63, 3.8) is 0 Å². The molecule has 2 N–H and O–H groups in total. The topological polar surface area (TPSA) is 67.4 Å². The predicted octanol–water partition coefficient (Wildman–Crippen LogP) is 4.38. The molecule has 0 radical (unpaired) electrons. The fourth-order valence-corrected chi connectivity index (χ4v) is 2.26. The maximum atomic E-state index is 12.4. The highest BCUT2D eigenvalue weighted by molar-refractivity contribution is 6.05. The molecule has 5 heteroatoms. The lowest BCUT2D eigenvalue weighted by molar-refractivity contribution is -0.115. The lowest BCUT2D eigenvalue weighted by Crippen LogP contribution is -2.15. The summed E-state index contributed by atoms with van der Waals surface area (Å²) in [5, 5.41) is 5.72. The average molecular weight is 340 g/mol. The Labute approximate surface area is 148 Å². The van der Waals surface area contributed by atoms with Crippen molar-refractivity contribution in [1.82, 2.24) is 0 Å². The first-order chi connectivity index (χ1) is 12.0. The third-order valence-corrected chi connectivity index (χ3v) is 3.77. The van der Waals surface area contributed by atoms with E-state index in [-0.39, 0.29) is 11.8 Å². The molecule has 0 heterocycles. The second kappa shape index (κ2) is 8.87. The molecule has 0 aliphatic rings. The Morgan fingerprint density at radius 1 is 0.960 bits per heavy atom. The van der Waals surface area contributed by atoms with E-state index in [2.05, 4.69) is 10.6 Å². The summed E-state index contributed by atoms with van der Waals surface area (Å²) in [5.74, 6) is 0.484. The molecule has 0 saturated carbocycles. The number of amides is 2. The summed E-state index contributed by atoms with van der Waals surface area (Å²) in [4.78, 5) is 24.0. The van der Waals surface area contributed by atoms with Crippen LogP contribution >= 0.6 is 0 Å². The van der Waals surface area contributed by atoms with Gasteiger partial charge in [0, 0.05) is 23.4 Å². The van der Waals surface area contributed by atoms with Crippen LogP contribution < -0.4 is 15.4 Å². The van der Waals surface area contributed by atoms with Gasteiger partial charge in [-0.1, -0.05) is 19.9 Å². The summed E-state index contributed by atoms with van der Waals surface area (Å²) in [5.41, 5.74) is 2.74. The molecule has 0 aliphatic heterocycles. The smallest absolute Gasteiger partial charge is 0.255 e. The van der Waals surface area contributed by atoms with Crippen LogP contribution in [0.25, 0.3) is 0 Å². The number of nitrogens with one attached hydrogen (secondary N) is 2. The number of hydrogen-bond donors (Lipinski definition) is 2. The fraction of sp³-hybridized carbons (Fsp3) is 0.300. The van der Waals surface area contributed by atoms with E-state index in [0.29, 0.717) is 30.0 Å². The molecule has 2 aromatic carbocycles. The third kappa shape index (κ3) is 5.08. The molecule has 0 unspecified atom stereocenters. The van der Waals surface area contributed by atoms with Crippen LogP contribution in [0.2, 0.25) is 0 Å². The van der Waals surface area contributed by atoms with E-state index < -0.39 is 0 Å². The van der Waals surface area contributed by atoms with Gasteiger partial charge < -0.3 is 15.4 Å². The molecule has 2 rings (SSSR count). The lowest BCUT2D eigenvalue weighted by atomic mass is 10.1. The average Bonchev–Trinajstić information content (AvgIpc) is 2.63. The Balaban J connectivity index is 2.09. The zero-order valence-corrected chi connectivity index (χ0v) is 14.9. The molecule has 0 saturated heterocycles. The Hall–Kier alpha value is -2.82. The maximum absolute atomic E-state index is 12.4. The van der Waals surface area contributed by atoms with E-state index in [1.54, 1.807) is 37.3 Å². The number of benzene rings is 2. The molecule has 132 valence electrons. The van der Waals surface area contributed by atoms with Crippen LogP contribution in [0.4, 0.5) is 11.4 Å². The van der Waals surface area contributed by atoms with Gasteiger partial charge in [0.25, 0.3) is 5.91 Å². The van der Waals surface area contributed by atoms with Crippen molar-refractivity contribution < 1.29 is 14.3 Å². The largest absolute Gasteiger partial charge is 0.494 e. The van der Waals surface area contributed by atoms with E-state index in [1.807, 2.05) is 26.0 Å². The number of ether oxygens (including phenoxy) is 1. The first-order valence-electron chi connectivity index (χ1n) is 8.48. The lowest BCUT2D eigenvalue weighted by Gasteiger charge is -2.13. The SMILES string of the molecule is CCCOc1ccc(C(=O)Nc2cccc(NC(=O)CC)c2C)cc1. The predicted molar refractivity (Wildman–Crippen MR) is 100 cm³/mol. The van der Waals surface area contributed by atoms with Gasteiger partial charge in [-0.25, -0.2) is 0 Å². The van der Waals surface area contributed by atoms with Crippen LogP contribution in [0.3, 0.4) is 0 Å². The van der Waals surface area contributed by atoms with Gasteiger partial charge in [0.1, 0.15) is 5.75 Å². The molecule has 0 aromatic heterocycles. The number of hydrogen-bond acceptors (Lipinski definition) is 3. The van der Waals surface area contributed by atoms with E-state index in [1.165, 1.54) is 0 Å². The Kier molecular flexibility index (Phi) is 6.57. The van der Waals surface area contributed by atoms with Crippen molar-refractivity contribution in [2.75, 3.05) is 17.2 Å². The van der Waals surface area contributed by atoms with Crippen molar-refractivity contribution >= 4 is 23.2 Å². The quantitative estimate of drug-likeness (QED) is 0.786. The van der Waals surface area contributed by atoms with Crippen molar-refractivity contribution in [2.24, 2.45) is 0 Å². The zero-order valence-electron chi connectivity index (χ0n) is 14.9. The summed E-state index contributed by atoms with van der Waals surface area (Å²) in [7, 11) is 0. The second-order valence-electron chi connectivity index (χ2n) is 5.71. The van der Waals surface area contributed by atoms with Gasteiger partial charge in [-0.2, -0.15) is 0 Å². The standard InChI is InChI=1S/C20H24N2O3/c1-4-13-25-16-11-9-15(10-12-16)20(24)22-18-8-6-7-17(14(18)3)21-19(23)5-2/h6-12H,4-5,13H2,1-3H3,(H,21,23)(H,22,24). The molecule has 0 aliphatic carbocycles. The van der Waals surface area contributed by atoms with Crippen LogP contribution in [0, 0.1) is 6.92 Å². The van der Waals surface area contributed by atoms with Crippen LogP contribution in [0.1, 0.15) is 42.6 Å². The summed E-state index contributed by atoms with van der Waals surface area (Å²) in [6.45, 7) is 6.36. The molecule has 2 amide bonds. The summed E-state index contributed by atoms with van der Waals surface area (Å²) in [6, 6.07) is 12.5. The molecule has 0 fully saturated rings. The molecule has 0 spiro atoms.